The third kappa shape index (κ3) is 6.49. The summed E-state index contributed by atoms with van der Waals surface area (Å²) >= 11 is 0. The van der Waals surface area contributed by atoms with Crippen LogP contribution in [0.4, 0.5) is 0 Å². The molecule has 0 aromatic heterocycles. The number of rotatable bonds is 8. The molecule has 2 rings (SSSR count). The van der Waals surface area contributed by atoms with E-state index in [1.165, 1.54) is 11.6 Å². The van der Waals surface area contributed by atoms with Crippen LogP contribution in [-0.4, -0.2) is 45.1 Å². The van der Waals surface area contributed by atoms with E-state index in [1.54, 1.807) is 7.11 Å². The van der Waals surface area contributed by atoms with Gasteiger partial charge < -0.3 is 10.1 Å². The average molecular weight is 455 g/mol. The van der Waals surface area contributed by atoms with Crippen LogP contribution in [0.5, 0.6) is 5.75 Å². The fraction of sp³-hybridized carbons (Fsp3) is 0.593. The second-order valence-corrected chi connectivity index (χ2v) is 15.6. The Morgan fingerprint density at radius 1 is 1.16 bits per heavy atom. The molecule has 1 saturated heterocycles. The molecule has 1 aliphatic rings. The minimum absolute atomic E-state index is 0.0833. The summed E-state index contributed by atoms with van der Waals surface area (Å²) in [6.45, 7) is 20.3. The maximum absolute atomic E-state index is 12.0. The Kier molecular flexibility index (Phi) is 9.60. The highest BCUT2D eigenvalue weighted by molar-refractivity contribution is 6.90. The minimum atomic E-state index is -1.78. The topological polar surface area (TPSA) is 41.6 Å². The van der Waals surface area contributed by atoms with E-state index in [4.69, 9.17) is 4.74 Å². The van der Waals surface area contributed by atoms with Gasteiger partial charge in [-0.1, -0.05) is 60.3 Å². The first kappa shape index (κ1) is 26.2. The van der Waals surface area contributed by atoms with Gasteiger partial charge in [-0.15, -0.1) is 11.5 Å². The van der Waals surface area contributed by atoms with Crippen LogP contribution in [0.25, 0.3) is 0 Å². The number of hydrogen-bond donors (Lipinski definition) is 1. The third-order valence-corrected chi connectivity index (χ3v) is 13.3. The quantitative estimate of drug-likeness (QED) is 0.324. The van der Waals surface area contributed by atoms with Crippen molar-refractivity contribution < 1.29 is 9.53 Å². The normalized spacial score (nSPS) is 19.6. The predicted molar refractivity (Wildman–Crippen MR) is 137 cm³/mol. The fourth-order valence-corrected chi connectivity index (χ4v) is 10.8. The molecule has 1 amide bonds. The predicted octanol–water partition coefficient (Wildman–Crippen LogP) is 5.41. The molecule has 2 atom stereocenters. The van der Waals surface area contributed by atoms with Crippen LogP contribution in [0.2, 0.25) is 16.6 Å². The molecule has 176 valence electrons. The number of nitrogens with zero attached hydrogens (tertiary/aromatic N) is 1. The zero-order valence-corrected chi connectivity index (χ0v) is 22.1. The van der Waals surface area contributed by atoms with Crippen molar-refractivity contribution in [2.75, 3.05) is 20.2 Å². The van der Waals surface area contributed by atoms with Crippen molar-refractivity contribution in [2.45, 2.75) is 77.2 Å². The second kappa shape index (κ2) is 11.7. The minimum Gasteiger partial charge on any atom is -0.497 e. The first-order valence-corrected chi connectivity index (χ1v) is 14.2. The van der Waals surface area contributed by atoms with Gasteiger partial charge in [0.2, 0.25) is 5.91 Å². The van der Waals surface area contributed by atoms with Crippen LogP contribution in [0.15, 0.2) is 36.9 Å². The Hall–Kier alpha value is -2.03. The van der Waals surface area contributed by atoms with Gasteiger partial charge in [0.25, 0.3) is 0 Å². The summed E-state index contributed by atoms with van der Waals surface area (Å²) in [6, 6.07) is 8.31. The molecule has 5 heteroatoms. The Labute approximate surface area is 196 Å². The standard InChI is InChI=1S/C27H42N2O2Si/c1-9-27(30)28-25-16-24(14-15-32(20(2)3,21(4)5)22(6)7)18-29(19-25)17-23-10-12-26(31-8)13-11-23/h9-13,20-22,24-25H,1,16-19H2,2-8H3,(H,28,30)/t24-,25+/m1/s1. The molecule has 0 saturated carbocycles. The zero-order valence-electron chi connectivity index (χ0n) is 21.1. The van der Waals surface area contributed by atoms with Crippen LogP contribution in [-0.2, 0) is 11.3 Å². The molecule has 0 bridgehead atoms. The molecular weight excluding hydrogens is 412 g/mol. The molecule has 1 aromatic carbocycles. The van der Waals surface area contributed by atoms with Crippen molar-refractivity contribution in [2.24, 2.45) is 5.92 Å². The van der Waals surface area contributed by atoms with Gasteiger partial charge >= 0.3 is 0 Å². The van der Waals surface area contributed by atoms with E-state index in [-0.39, 0.29) is 17.9 Å². The van der Waals surface area contributed by atoms with Gasteiger partial charge in [-0.05, 0) is 46.8 Å². The first-order valence-electron chi connectivity index (χ1n) is 11.9. The Bertz CT molecular complexity index is 799. The monoisotopic (exact) mass is 454 g/mol. The first-order chi connectivity index (χ1) is 15.1. The Balaban J connectivity index is 2.27. The molecule has 1 heterocycles. The number of piperidine rings is 1. The second-order valence-electron chi connectivity index (χ2n) is 10.1. The number of benzene rings is 1. The summed E-state index contributed by atoms with van der Waals surface area (Å²) in [5, 5.41) is 3.12. The van der Waals surface area contributed by atoms with Crippen LogP contribution in [0.1, 0.15) is 53.5 Å². The molecule has 1 aliphatic heterocycles. The van der Waals surface area contributed by atoms with Crippen LogP contribution >= 0.6 is 0 Å². The molecule has 1 aromatic rings. The molecule has 32 heavy (non-hydrogen) atoms. The van der Waals surface area contributed by atoms with Gasteiger partial charge in [0.05, 0.1) is 7.11 Å². The van der Waals surface area contributed by atoms with Crippen LogP contribution < -0.4 is 10.1 Å². The lowest BCUT2D eigenvalue weighted by Gasteiger charge is -2.39. The van der Waals surface area contributed by atoms with Gasteiger partial charge in [0.1, 0.15) is 13.8 Å². The number of nitrogens with one attached hydrogen (secondary N) is 1. The van der Waals surface area contributed by atoms with Gasteiger partial charge in [0.15, 0.2) is 0 Å². The van der Waals surface area contributed by atoms with Gasteiger partial charge in [-0.3, -0.25) is 9.69 Å². The van der Waals surface area contributed by atoms with Crippen LogP contribution in [0, 0.1) is 17.4 Å². The van der Waals surface area contributed by atoms with Crippen molar-refractivity contribution in [1.82, 2.24) is 10.2 Å². The largest absolute Gasteiger partial charge is 0.497 e. The van der Waals surface area contributed by atoms with Gasteiger partial charge in [-0.2, -0.15) is 0 Å². The maximum atomic E-state index is 12.0. The van der Waals surface area contributed by atoms with E-state index >= 15 is 0 Å². The van der Waals surface area contributed by atoms with Crippen molar-refractivity contribution in [3.63, 3.8) is 0 Å². The van der Waals surface area contributed by atoms with Crippen LogP contribution in [0.3, 0.4) is 0 Å². The van der Waals surface area contributed by atoms with E-state index in [2.05, 4.69) is 81.9 Å². The highest BCUT2D eigenvalue weighted by Crippen LogP contribution is 2.41. The number of hydrogen-bond acceptors (Lipinski definition) is 3. The smallest absolute Gasteiger partial charge is 0.243 e. The zero-order chi connectivity index (χ0) is 23.9. The lowest BCUT2D eigenvalue weighted by molar-refractivity contribution is -0.117. The highest BCUT2D eigenvalue weighted by atomic mass is 28.3. The number of amides is 1. The maximum Gasteiger partial charge on any atom is 0.243 e. The van der Waals surface area contributed by atoms with E-state index < -0.39 is 8.07 Å². The fourth-order valence-electron chi connectivity index (χ4n) is 5.44. The molecular formula is C27H42N2O2Si. The number of likely N-dealkylation sites (tertiary alicyclic amines) is 1. The Morgan fingerprint density at radius 2 is 1.75 bits per heavy atom. The molecule has 0 unspecified atom stereocenters. The summed E-state index contributed by atoms with van der Waals surface area (Å²) in [5.41, 5.74) is 6.99. The third-order valence-electron chi connectivity index (χ3n) is 6.98. The Morgan fingerprint density at radius 3 is 2.25 bits per heavy atom. The lowest BCUT2D eigenvalue weighted by atomic mass is 9.94. The highest BCUT2D eigenvalue weighted by Gasteiger charge is 2.42. The summed E-state index contributed by atoms with van der Waals surface area (Å²) < 4.78 is 5.29. The number of carbonyl (C=O) groups excluding carboxylic acids is 1. The SMILES string of the molecule is C=CC(=O)N[C@H]1C[C@@H](C#C[Si](C(C)C)(C(C)C)C(C)C)CN(Cc2ccc(OC)cc2)C1. The van der Waals surface area contributed by atoms with E-state index in [0.29, 0.717) is 16.6 Å². The summed E-state index contributed by atoms with van der Waals surface area (Å²) in [6.07, 6.45) is 2.25. The summed E-state index contributed by atoms with van der Waals surface area (Å²) in [7, 11) is -0.0911. The molecule has 1 N–H and O–H groups in total. The van der Waals surface area contributed by atoms with E-state index in [0.717, 1.165) is 31.8 Å². The van der Waals surface area contributed by atoms with Crippen molar-refractivity contribution in [3.05, 3.63) is 42.5 Å². The van der Waals surface area contributed by atoms with Crippen molar-refractivity contribution in [1.29, 1.82) is 0 Å². The van der Waals surface area contributed by atoms with E-state index in [1.807, 2.05) is 12.1 Å². The average Bonchev–Trinajstić information content (AvgIpc) is 2.73. The summed E-state index contributed by atoms with van der Waals surface area (Å²) in [5.74, 6) is 4.74. The van der Waals surface area contributed by atoms with Crippen molar-refractivity contribution >= 4 is 14.0 Å². The lowest BCUT2D eigenvalue weighted by Crippen LogP contribution is -2.50. The van der Waals surface area contributed by atoms with Gasteiger partial charge in [-0.25, -0.2) is 0 Å². The molecule has 0 aliphatic carbocycles. The molecule has 0 spiro atoms. The van der Waals surface area contributed by atoms with Crippen molar-refractivity contribution in [3.8, 4) is 17.2 Å². The molecule has 4 nitrogen and oxygen atoms in total. The van der Waals surface area contributed by atoms with E-state index in [9.17, 15) is 4.79 Å². The number of carbonyl (C=O) groups is 1. The summed E-state index contributed by atoms with van der Waals surface area (Å²) in [4.78, 5) is 14.4. The van der Waals surface area contributed by atoms with Gasteiger partial charge in [0, 0.05) is 31.6 Å². The molecule has 1 fully saturated rings. The number of ether oxygens (including phenoxy) is 1. The molecule has 0 radical (unpaired) electrons. The number of methoxy groups -OCH3 is 1.